The van der Waals surface area contributed by atoms with E-state index in [0.717, 1.165) is 18.9 Å². The Hall–Kier alpha value is -2.48. The van der Waals surface area contributed by atoms with Gasteiger partial charge in [-0.15, -0.1) is 5.10 Å². The van der Waals surface area contributed by atoms with Crippen LogP contribution in [0.1, 0.15) is 32.5 Å². The summed E-state index contributed by atoms with van der Waals surface area (Å²) in [5.74, 6) is 0.946. The van der Waals surface area contributed by atoms with Gasteiger partial charge in [0.25, 0.3) is 0 Å². The summed E-state index contributed by atoms with van der Waals surface area (Å²) in [6.45, 7) is 7.88. The number of carbonyl (C=O) groups excluding carboxylic acids is 1. The van der Waals surface area contributed by atoms with E-state index in [1.807, 2.05) is 23.1 Å². The van der Waals surface area contributed by atoms with Crippen LogP contribution in [0.3, 0.4) is 0 Å². The first-order valence-electron chi connectivity index (χ1n) is 8.46. The average Bonchev–Trinajstić information content (AvgIpc) is 3.12. The van der Waals surface area contributed by atoms with Crippen molar-refractivity contribution in [3.63, 3.8) is 0 Å². The molecule has 0 aromatic carbocycles. The fraction of sp³-hybridized carbons (Fsp3) is 0.529. The molecule has 0 spiro atoms. The molecule has 1 N–H and O–H groups in total. The molecule has 8 nitrogen and oxygen atoms in total. The van der Waals surface area contributed by atoms with Gasteiger partial charge in [0.15, 0.2) is 0 Å². The van der Waals surface area contributed by atoms with E-state index in [9.17, 15) is 9.90 Å². The molecule has 0 aliphatic carbocycles. The van der Waals surface area contributed by atoms with Crippen LogP contribution >= 0.6 is 0 Å². The number of amides is 1. The van der Waals surface area contributed by atoms with Crippen LogP contribution in [0.4, 0.5) is 5.82 Å². The number of pyridine rings is 1. The molecule has 1 saturated heterocycles. The highest BCUT2D eigenvalue weighted by Gasteiger charge is 2.28. The van der Waals surface area contributed by atoms with Gasteiger partial charge in [0.2, 0.25) is 5.91 Å². The molecule has 1 amide bonds. The Bertz CT molecular complexity index is 716. The van der Waals surface area contributed by atoms with Crippen LogP contribution in [0.25, 0.3) is 0 Å². The third-order valence-electron chi connectivity index (χ3n) is 4.46. The molecule has 134 valence electrons. The normalized spacial score (nSPS) is 16.8. The minimum absolute atomic E-state index is 0.00728. The van der Waals surface area contributed by atoms with Gasteiger partial charge in [0.1, 0.15) is 23.2 Å². The second kappa shape index (κ2) is 6.79. The van der Waals surface area contributed by atoms with Gasteiger partial charge in [-0.3, -0.25) is 4.79 Å². The first-order chi connectivity index (χ1) is 11.9. The first kappa shape index (κ1) is 17.3. The predicted octanol–water partition coefficient (Wildman–Crippen LogP) is 0.810. The molecular weight excluding hydrogens is 320 g/mol. The zero-order valence-corrected chi connectivity index (χ0v) is 14.8. The molecular formula is C17H24N6O2. The van der Waals surface area contributed by atoms with E-state index in [4.69, 9.17) is 0 Å². The number of aromatic nitrogens is 4. The van der Waals surface area contributed by atoms with Crippen molar-refractivity contribution in [2.45, 2.75) is 32.4 Å². The molecule has 3 heterocycles. The van der Waals surface area contributed by atoms with Crippen molar-refractivity contribution in [1.29, 1.82) is 0 Å². The maximum Gasteiger partial charge on any atom is 0.247 e. The standard InChI is InChI=1S/C17H24N6O2/c1-13(23-12-14(19-20-23)17(2,3)25)16(24)22-10-8-21(9-11-22)15-6-4-5-7-18-15/h4-7,12-13,25H,8-11H2,1-3H3. The quantitative estimate of drug-likeness (QED) is 0.883. The van der Waals surface area contributed by atoms with Crippen molar-refractivity contribution in [3.05, 3.63) is 36.3 Å². The number of piperazine rings is 1. The van der Waals surface area contributed by atoms with E-state index in [1.54, 1.807) is 33.2 Å². The van der Waals surface area contributed by atoms with Crippen LogP contribution in [-0.2, 0) is 10.4 Å². The third-order valence-corrected chi connectivity index (χ3v) is 4.46. The Morgan fingerprint density at radius 1 is 1.24 bits per heavy atom. The molecule has 1 aliphatic rings. The van der Waals surface area contributed by atoms with Gasteiger partial charge >= 0.3 is 0 Å². The van der Waals surface area contributed by atoms with Crippen LogP contribution < -0.4 is 4.90 Å². The summed E-state index contributed by atoms with van der Waals surface area (Å²) in [5, 5.41) is 17.9. The molecule has 2 aromatic heterocycles. The molecule has 2 aromatic rings. The molecule has 0 radical (unpaired) electrons. The first-order valence-corrected chi connectivity index (χ1v) is 8.46. The summed E-state index contributed by atoms with van der Waals surface area (Å²) in [7, 11) is 0. The topological polar surface area (TPSA) is 87.4 Å². The van der Waals surface area contributed by atoms with E-state index < -0.39 is 11.6 Å². The minimum Gasteiger partial charge on any atom is -0.384 e. The van der Waals surface area contributed by atoms with E-state index in [1.165, 1.54) is 4.68 Å². The molecule has 25 heavy (non-hydrogen) atoms. The number of carbonyl (C=O) groups is 1. The second-order valence-electron chi connectivity index (χ2n) is 6.82. The largest absolute Gasteiger partial charge is 0.384 e. The number of anilines is 1. The lowest BCUT2D eigenvalue weighted by molar-refractivity contribution is -0.134. The van der Waals surface area contributed by atoms with Crippen LogP contribution in [0, 0.1) is 0 Å². The van der Waals surface area contributed by atoms with Crippen molar-refractivity contribution >= 4 is 11.7 Å². The Balaban J connectivity index is 1.61. The van der Waals surface area contributed by atoms with Crippen LogP contribution in [0.15, 0.2) is 30.6 Å². The Morgan fingerprint density at radius 3 is 2.52 bits per heavy atom. The Labute approximate surface area is 147 Å². The van der Waals surface area contributed by atoms with Crippen molar-refractivity contribution in [3.8, 4) is 0 Å². The van der Waals surface area contributed by atoms with Gasteiger partial charge in [0.05, 0.1) is 6.20 Å². The zero-order valence-electron chi connectivity index (χ0n) is 14.8. The predicted molar refractivity (Wildman–Crippen MR) is 93.0 cm³/mol. The lowest BCUT2D eigenvalue weighted by Crippen LogP contribution is -2.50. The summed E-state index contributed by atoms with van der Waals surface area (Å²) in [6, 6.07) is 5.39. The Kier molecular flexibility index (Phi) is 4.71. The number of rotatable bonds is 4. The van der Waals surface area contributed by atoms with Gasteiger partial charge in [-0.05, 0) is 32.9 Å². The van der Waals surface area contributed by atoms with Gasteiger partial charge in [-0.25, -0.2) is 9.67 Å². The van der Waals surface area contributed by atoms with Crippen molar-refractivity contribution < 1.29 is 9.90 Å². The number of hydrogen-bond acceptors (Lipinski definition) is 6. The average molecular weight is 344 g/mol. The molecule has 0 saturated carbocycles. The van der Waals surface area contributed by atoms with Crippen molar-refractivity contribution in [1.82, 2.24) is 24.9 Å². The molecule has 1 fully saturated rings. The van der Waals surface area contributed by atoms with Crippen LogP contribution in [0.2, 0.25) is 0 Å². The molecule has 8 heteroatoms. The lowest BCUT2D eigenvalue weighted by atomic mass is 10.1. The second-order valence-corrected chi connectivity index (χ2v) is 6.82. The van der Waals surface area contributed by atoms with Gasteiger partial charge in [0, 0.05) is 32.4 Å². The highest BCUT2D eigenvalue weighted by molar-refractivity contribution is 5.80. The fourth-order valence-electron chi connectivity index (χ4n) is 2.82. The minimum atomic E-state index is -1.07. The van der Waals surface area contributed by atoms with Gasteiger partial charge in [-0.2, -0.15) is 0 Å². The molecule has 1 aliphatic heterocycles. The molecule has 1 unspecified atom stereocenters. The highest BCUT2D eigenvalue weighted by atomic mass is 16.3. The number of aliphatic hydroxyl groups is 1. The number of nitrogens with zero attached hydrogens (tertiary/aromatic N) is 6. The van der Waals surface area contributed by atoms with E-state index in [0.29, 0.717) is 18.8 Å². The summed E-state index contributed by atoms with van der Waals surface area (Å²) in [5.41, 5.74) is -0.623. The van der Waals surface area contributed by atoms with E-state index >= 15 is 0 Å². The van der Waals surface area contributed by atoms with Crippen molar-refractivity contribution in [2.24, 2.45) is 0 Å². The smallest absolute Gasteiger partial charge is 0.247 e. The summed E-state index contributed by atoms with van der Waals surface area (Å²) in [6.07, 6.45) is 3.41. The van der Waals surface area contributed by atoms with Crippen LogP contribution in [0.5, 0.6) is 0 Å². The maximum absolute atomic E-state index is 12.7. The van der Waals surface area contributed by atoms with Gasteiger partial charge in [-0.1, -0.05) is 11.3 Å². The molecule has 3 rings (SSSR count). The summed E-state index contributed by atoms with van der Waals surface area (Å²) < 4.78 is 1.51. The van der Waals surface area contributed by atoms with E-state index in [2.05, 4.69) is 20.2 Å². The zero-order chi connectivity index (χ0) is 18.0. The molecule has 1 atom stereocenters. The summed E-state index contributed by atoms with van der Waals surface area (Å²) >= 11 is 0. The molecule has 0 bridgehead atoms. The van der Waals surface area contributed by atoms with Gasteiger partial charge < -0.3 is 14.9 Å². The Morgan fingerprint density at radius 2 is 1.96 bits per heavy atom. The van der Waals surface area contributed by atoms with Crippen molar-refractivity contribution in [2.75, 3.05) is 31.1 Å². The highest BCUT2D eigenvalue weighted by Crippen LogP contribution is 2.19. The third kappa shape index (κ3) is 3.79. The fourth-order valence-corrected chi connectivity index (χ4v) is 2.82. The summed E-state index contributed by atoms with van der Waals surface area (Å²) in [4.78, 5) is 21.1. The maximum atomic E-state index is 12.7. The lowest BCUT2D eigenvalue weighted by Gasteiger charge is -2.36. The van der Waals surface area contributed by atoms with E-state index in [-0.39, 0.29) is 5.91 Å². The SMILES string of the molecule is CC(C(=O)N1CCN(c2ccccn2)CC1)n1cc(C(C)(C)O)nn1. The number of hydrogen-bond donors (Lipinski definition) is 1. The monoisotopic (exact) mass is 344 g/mol. The van der Waals surface area contributed by atoms with Crippen LogP contribution in [-0.4, -0.2) is 62.1 Å².